The number of rotatable bonds is 4. The van der Waals surface area contributed by atoms with Crippen molar-refractivity contribution in [3.8, 4) is 0 Å². The van der Waals surface area contributed by atoms with E-state index in [1.165, 1.54) is 0 Å². The van der Waals surface area contributed by atoms with Crippen molar-refractivity contribution in [3.63, 3.8) is 0 Å². The van der Waals surface area contributed by atoms with Crippen molar-refractivity contribution in [1.29, 1.82) is 0 Å². The summed E-state index contributed by atoms with van der Waals surface area (Å²) in [5.74, 6) is -1.31. The molecule has 0 aliphatic rings. The van der Waals surface area contributed by atoms with E-state index in [2.05, 4.69) is 5.32 Å². The highest BCUT2D eigenvalue weighted by Crippen LogP contribution is 2.18. The topological polar surface area (TPSA) is 92.4 Å². The molecule has 102 valence electrons. The zero-order valence-electron chi connectivity index (χ0n) is 10.7. The number of nitrogens with one attached hydrogen (secondary N) is 1. The average molecular weight is 270 g/mol. The predicted molar refractivity (Wildman–Crippen MR) is 76.6 cm³/mol. The summed E-state index contributed by atoms with van der Waals surface area (Å²) >= 11 is 0. The van der Waals surface area contributed by atoms with E-state index in [-0.39, 0.29) is 12.3 Å². The number of benzene rings is 2. The Morgan fingerprint density at radius 1 is 1.05 bits per heavy atom. The van der Waals surface area contributed by atoms with Crippen LogP contribution in [0.5, 0.6) is 0 Å². The molecule has 2 rings (SSSR count). The Morgan fingerprint density at radius 3 is 2.40 bits per heavy atom. The van der Waals surface area contributed by atoms with Crippen LogP contribution in [-0.4, -0.2) is 17.0 Å². The highest BCUT2D eigenvalue weighted by atomic mass is 16.4. The van der Waals surface area contributed by atoms with Gasteiger partial charge in [-0.2, -0.15) is 0 Å². The number of carboxylic acids is 1. The van der Waals surface area contributed by atoms with E-state index in [9.17, 15) is 9.59 Å². The Balaban J connectivity index is 2.24. The van der Waals surface area contributed by atoms with Gasteiger partial charge in [0.25, 0.3) is 5.91 Å². The summed E-state index contributed by atoms with van der Waals surface area (Å²) in [7, 11) is 0. The number of carbonyl (C=O) groups is 2. The largest absolute Gasteiger partial charge is 0.481 e. The maximum atomic E-state index is 12.1. The minimum absolute atomic E-state index is 0.152. The molecular weight excluding hydrogens is 256 g/mol. The van der Waals surface area contributed by atoms with E-state index >= 15 is 0 Å². The first-order chi connectivity index (χ1) is 9.58. The Hall–Kier alpha value is -2.82. The number of para-hydroxylation sites is 2. The number of carbonyl (C=O) groups excluding carboxylic acids is 1. The van der Waals surface area contributed by atoms with E-state index in [1.807, 2.05) is 0 Å². The third-order valence-electron chi connectivity index (χ3n) is 2.81. The molecule has 0 bridgehead atoms. The molecule has 0 spiro atoms. The van der Waals surface area contributed by atoms with E-state index in [0.717, 1.165) is 0 Å². The lowest BCUT2D eigenvalue weighted by atomic mass is 10.1. The van der Waals surface area contributed by atoms with Crippen LogP contribution in [0.15, 0.2) is 48.5 Å². The molecule has 0 saturated heterocycles. The third kappa shape index (κ3) is 3.14. The van der Waals surface area contributed by atoms with Crippen molar-refractivity contribution in [2.24, 2.45) is 0 Å². The zero-order valence-corrected chi connectivity index (χ0v) is 10.7. The van der Waals surface area contributed by atoms with Gasteiger partial charge in [0.15, 0.2) is 0 Å². The molecule has 0 unspecified atom stereocenters. The van der Waals surface area contributed by atoms with Gasteiger partial charge in [-0.05, 0) is 23.8 Å². The van der Waals surface area contributed by atoms with Crippen LogP contribution in [0.4, 0.5) is 11.4 Å². The van der Waals surface area contributed by atoms with Crippen molar-refractivity contribution in [3.05, 3.63) is 59.7 Å². The van der Waals surface area contributed by atoms with Crippen molar-refractivity contribution >= 4 is 23.3 Å². The van der Waals surface area contributed by atoms with E-state index in [4.69, 9.17) is 10.8 Å². The smallest absolute Gasteiger partial charge is 0.307 e. The molecule has 2 aromatic rings. The fourth-order valence-corrected chi connectivity index (χ4v) is 1.85. The van der Waals surface area contributed by atoms with Crippen LogP contribution in [0.3, 0.4) is 0 Å². The fraction of sp³-hybridized carbons (Fsp3) is 0.0667. The summed E-state index contributed by atoms with van der Waals surface area (Å²) in [4.78, 5) is 22.9. The molecule has 0 radical (unpaired) electrons. The van der Waals surface area contributed by atoms with Gasteiger partial charge < -0.3 is 16.2 Å². The Labute approximate surface area is 116 Å². The maximum Gasteiger partial charge on any atom is 0.307 e. The molecule has 0 heterocycles. The predicted octanol–water partition coefficient (Wildman–Crippen LogP) is 2.15. The van der Waals surface area contributed by atoms with Crippen LogP contribution >= 0.6 is 0 Å². The monoisotopic (exact) mass is 270 g/mol. The number of amides is 1. The van der Waals surface area contributed by atoms with E-state index in [0.29, 0.717) is 22.5 Å². The number of hydrogen-bond donors (Lipinski definition) is 3. The van der Waals surface area contributed by atoms with Crippen LogP contribution in [0.2, 0.25) is 0 Å². The molecular formula is C15H14N2O3. The van der Waals surface area contributed by atoms with Crippen LogP contribution in [0.1, 0.15) is 15.9 Å². The number of nitrogens with two attached hydrogens (primary N) is 1. The van der Waals surface area contributed by atoms with Gasteiger partial charge in [-0.25, -0.2) is 0 Å². The summed E-state index contributed by atoms with van der Waals surface area (Å²) < 4.78 is 0. The van der Waals surface area contributed by atoms with Gasteiger partial charge >= 0.3 is 5.97 Å². The second-order valence-corrected chi connectivity index (χ2v) is 4.27. The molecule has 0 saturated carbocycles. The van der Waals surface area contributed by atoms with E-state index < -0.39 is 5.97 Å². The Bertz CT molecular complexity index is 653. The number of anilines is 2. The highest BCUT2D eigenvalue weighted by Gasteiger charge is 2.12. The first-order valence-corrected chi connectivity index (χ1v) is 6.03. The third-order valence-corrected chi connectivity index (χ3v) is 2.81. The van der Waals surface area contributed by atoms with Crippen LogP contribution in [-0.2, 0) is 11.2 Å². The SMILES string of the molecule is Nc1ccccc1C(=O)Nc1ccccc1CC(=O)O. The van der Waals surface area contributed by atoms with Crippen LogP contribution in [0, 0.1) is 0 Å². The molecule has 0 aromatic heterocycles. The number of hydrogen-bond acceptors (Lipinski definition) is 3. The van der Waals surface area contributed by atoms with Crippen molar-refractivity contribution < 1.29 is 14.7 Å². The number of aliphatic carboxylic acids is 1. The molecule has 2 aromatic carbocycles. The summed E-state index contributed by atoms with van der Waals surface area (Å²) in [6, 6.07) is 13.5. The molecule has 5 nitrogen and oxygen atoms in total. The number of nitrogen functional groups attached to an aromatic ring is 1. The lowest BCUT2D eigenvalue weighted by molar-refractivity contribution is -0.136. The quantitative estimate of drug-likeness (QED) is 0.742. The highest BCUT2D eigenvalue weighted by molar-refractivity contribution is 6.08. The maximum absolute atomic E-state index is 12.1. The lowest BCUT2D eigenvalue weighted by Gasteiger charge is -2.10. The number of carboxylic acid groups (broad SMARTS) is 1. The van der Waals surface area contributed by atoms with Gasteiger partial charge in [-0.3, -0.25) is 9.59 Å². The molecule has 0 aliphatic carbocycles. The Kier molecular flexibility index (Phi) is 4.00. The first kappa shape index (κ1) is 13.6. The van der Waals surface area contributed by atoms with Gasteiger partial charge in [0.05, 0.1) is 12.0 Å². The van der Waals surface area contributed by atoms with Gasteiger partial charge in [-0.15, -0.1) is 0 Å². The van der Waals surface area contributed by atoms with Crippen molar-refractivity contribution in [1.82, 2.24) is 0 Å². The summed E-state index contributed by atoms with van der Waals surface area (Å²) in [5.41, 5.74) is 7.49. The van der Waals surface area contributed by atoms with Gasteiger partial charge in [0.1, 0.15) is 0 Å². The van der Waals surface area contributed by atoms with E-state index in [1.54, 1.807) is 48.5 Å². The van der Waals surface area contributed by atoms with Gasteiger partial charge in [0, 0.05) is 11.4 Å². The molecule has 20 heavy (non-hydrogen) atoms. The minimum Gasteiger partial charge on any atom is -0.481 e. The molecule has 0 fully saturated rings. The minimum atomic E-state index is -0.953. The molecule has 5 heteroatoms. The molecule has 0 atom stereocenters. The van der Waals surface area contributed by atoms with Crippen molar-refractivity contribution in [2.45, 2.75) is 6.42 Å². The normalized spacial score (nSPS) is 10.0. The standard InChI is InChI=1S/C15H14N2O3/c16-12-7-3-2-6-11(12)15(20)17-13-8-4-1-5-10(13)9-14(18)19/h1-8H,9,16H2,(H,17,20)(H,18,19). The molecule has 4 N–H and O–H groups in total. The van der Waals surface area contributed by atoms with Gasteiger partial charge in [0.2, 0.25) is 0 Å². The molecule has 1 amide bonds. The fourth-order valence-electron chi connectivity index (χ4n) is 1.85. The van der Waals surface area contributed by atoms with Crippen LogP contribution < -0.4 is 11.1 Å². The van der Waals surface area contributed by atoms with Crippen LogP contribution in [0.25, 0.3) is 0 Å². The lowest BCUT2D eigenvalue weighted by Crippen LogP contribution is -2.15. The zero-order chi connectivity index (χ0) is 14.5. The average Bonchev–Trinajstić information content (AvgIpc) is 2.41. The second kappa shape index (κ2) is 5.88. The summed E-state index contributed by atoms with van der Waals surface area (Å²) in [6.07, 6.45) is -0.152. The Morgan fingerprint density at radius 2 is 1.70 bits per heavy atom. The van der Waals surface area contributed by atoms with Gasteiger partial charge in [-0.1, -0.05) is 30.3 Å². The van der Waals surface area contributed by atoms with Crippen molar-refractivity contribution in [2.75, 3.05) is 11.1 Å². The first-order valence-electron chi connectivity index (χ1n) is 6.03. The molecule has 0 aliphatic heterocycles. The summed E-state index contributed by atoms with van der Waals surface area (Å²) in [5, 5.41) is 11.5. The summed E-state index contributed by atoms with van der Waals surface area (Å²) in [6.45, 7) is 0. The second-order valence-electron chi connectivity index (χ2n) is 4.27.